The lowest BCUT2D eigenvalue weighted by Gasteiger charge is -2.28. The van der Waals surface area contributed by atoms with Crippen LogP contribution >= 0.6 is 0 Å². The highest BCUT2D eigenvalue weighted by Gasteiger charge is 2.26. The molecular weight excluding hydrogens is 300 g/mol. The Hall–Kier alpha value is -2.64. The second kappa shape index (κ2) is 7.57. The second-order valence-corrected chi connectivity index (χ2v) is 5.57. The van der Waals surface area contributed by atoms with Crippen molar-refractivity contribution in [3.05, 3.63) is 34.4 Å². The zero-order chi connectivity index (χ0) is 16.8. The van der Waals surface area contributed by atoms with E-state index in [1.807, 2.05) is 0 Å². The lowest BCUT2D eigenvalue weighted by Crippen LogP contribution is -2.42. The zero-order valence-electron chi connectivity index (χ0n) is 12.9. The molecule has 3 amide bonds. The summed E-state index contributed by atoms with van der Waals surface area (Å²) in [6.45, 7) is 0. The average molecular weight is 320 g/mol. The van der Waals surface area contributed by atoms with Crippen LogP contribution in [0.2, 0.25) is 0 Å². The highest BCUT2D eigenvalue weighted by atomic mass is 16.6. The highest BCUT2D eigenvalue weighted by molar-refractivity contribution is 5.89. The minimum atomic E-state index is -0.511. The lowest BCUT2D eigenvalue weighted by molar-refractivity contribution is -0.384. The number of benzene rings is 1. The fourth-order valence-electron chi connectivity index (χ4n) is 2.75. The molecule has 0 aliphatic heterocycles. The predicted octanol–water partition coefficient (Wildman–Crippen LogP) is 2.02. The van der Waals surface area contributed by atoms with Crippen LogP contribution in [0.1, 0.15) is 25.7 Å². The molecule has 0 bridgehead atoms. The number of urea groups is 1. The first-order valence-electron chi connectivity index (χ1n) is 7.53. The Labute approximate surface area is 133 Å². The van der Waals surface area contributed by atoms with E-state index in [4.69, 9.17) is 0 Å². The Bertz CT molecular complexity index is 597. The molecule has 0 atom stereocenters. The van der Waals surface area contributed by atoms with E-state index in [0.29, 0.717) is 5.69 Å². The Morgan fingerprint density at radius 3 is 2.52 bits per heavy atom. The molecule has 8 nitrogen and oxygen atoms in total. The maximum atomic E-state index is 12.0. The Balaban J connectivity index is 1.83. The Kier molecular flexibility index (Phi) is 5.51. The molecule has 0 radical (unpaired) electrons. The number of nitrogens with one attached hydrogen (secondary N) is 3. The summed E-state index contributed by atoms with van der Waals surface area (Å²) in [4.78, 5) is 33.7. The molecule has 23 heavy (non-hydrogen) atoms. The number of nitro benzene ring substituents is 1. The van der Waals surface area contributed by atoms with Crippen LogP contribution in [0, 0.1) is 16.0 Å². The van der Waals surface area contributed by atoms with E-state index in [0.717, 1.165) is 25.7 Å². The summed E-state index contributed by atoms with van der Waals surface area (Å²) in [6, 6.07) is 5.39. The van der Waals surface area contributed by atoms with Gasteiger partial charge in [0.1, 0.15) is 0 Å². The molecule has 1 fully saturated rings. The fraction of sp³-hybridized carbons (Fsp3) is 0.467. The number of non-ortho nitro benzene ring substituents is 1. The first kappa shape index (κ1) is 16.7. The third-order valence-electron chi connectivity index (χ3n) is 3.99. The van der Waals surface area contributed by atoms with Gasteiger partial charge in [0.05, 0.1) is 4.92 Å². The van der Waals surface area contributed by atoms with Crippen molar-refractivity contribution in [3.8, 4) is 0 Å². The van der Waals surface area contributed by atoms with Gasteiger partial charge >= 0.3 is 6.03 Å². The quantitative estimate of drug-likeness (QED) is 0.581. The van der Waals surface area contributed by atoms with Crippen molar-refractivity contribution in [2.45, 2.75) is 31.7 Å². The van der Waals surface area contributed by atoms with Crippen LogP contribution in [0.15, 0.2) is 24.3 Å². The minimum Gasteiger partial charge on any atom is -0.359 e. The summed E-state index contributed by atoms with van der Waals surface area (Å²) in [5.74, 6) is 0.0578. The van der Waals surface area contributed by atoms with Crippen molar-refractivity contribution in [2.75, 3.05) is 12.4 Å². The van der Waals surface area contributed by atoms with Crippen LogP contribution in [-0.2, 0) is 4.79 Å². The van der Waals surface area contributed by atoms with Crippen molar-refractivity contribution in [1.82, 2.24) is 10.6 Å². The van der Waals surface area contributed by atoms with Gasteiger partial charge in [-0.25, -0.2) is 4.79 Å². The number of anilines is 1. The lowest BCUT2D eigenvalue weighted by atomic mass is 9.85. The van der Waals surface area contributed by atoms with Crippen LogP contribution < -0.4 is 16.0 Å². The van der Waals surface area contributed by atoms with Crippen LogP contribution in [-0.4, -0.2) is 30.0 Å². The van der Waals surface area contributed by atoms with Gasteiger partial charge in [-0.05, 0) is 31.7 Å². The molecule has 1 saturated carbocycles. The van der Waals surface area contributed by atoms with Gasteiger partial charge in [-0.3, -0.25) is 14.9 Å². The number of amides is 3. The molecule has 1 aliphatic carbocycles. The van der Waals surface area contributed by atoms with Crippen LogP contribution in [0.4, 0.5) is 16.2 Å². The van der Waals surface area contributed by atoms with E-state index < -0.39 is 11.0 Å². The number of hydrogen-bond acceptors (Lipinski definition) is 4. The van der Waals surface area contributed by atoms with Gasteiger partial charge in [0.2, 0.25) is 5.91 Å². The first-order chi connectivity index (χ1) is 11.0. The number of carbonyl (C=O) groups excluding carboxylic acids is 2. The molecule has 8 heteroatoms. The molecule has 0 unspecified atom stereocenters. The third kappa shape index (κ3) is 4.67. The monoisotopic (exact) mass is 320 g/mol. The second-order valence-electron chi connectivity index (χ2n) is 5.57. The SMILES string of the molecule is CNC(=O)C1CCC(NC(=O)Nc2cccc([N+](=O)[O-])c2)CC1. The van der Waals surface area contributed by atoms with Gasteiger partial charge in [-0.1, -0.05) is 6.07 Å². The zero-order valence-corrected chi connectivity index (χ0v) is 12.9. The summed E-state index contributed by atoms with van der Waals surface area (Å²) >= 11 is 0. The number of carbonyl (C=O) groups is 2. The van der Waals surface area contributed by atoms with Crippen molar-refractivity contribution >= 4 is 23.3 Å². The maximum Gasteiger partial charge on any atom is 0.319 e. The van der Waals surface area contributed by atoms with Gasteiger partial charge in [-0.15, -0.1) is 0 Å². The Morgan fingerprint density at radius 1 is 1.22 bits per heavy atom. The Morgan fingerprint density at radius 2 is 1.91 bits per heavy atom. The highest BCUT2D eigenvalue weighted by Crippen LogP contribution is 2.24. The third-order valence-corrected chi connectivity index (χ3v) is 3.99. The molecule has 1 aromatic carbocycles. The molecule has 2 rings (SSSR count). The molecular formula is C15H20N4O4. The van der Waals surface area contributed by atoms with E-state index in [1.165, 1.54) is 18.2 Å². The predicted molar refractivity (Wildman–Crippen MR) is 85.1 cm³/mol. The molecule has 124 valence electrons. The molecule has 0 aromatic heterocycles. The number of nitro groups is 1. The van der Waals surface area contributed by atoms with E-state index in [1.54, 1.807) is 13.1 Å². The first-order valence-corrected chi connectivity index (χ1v) is 7.53. The summed E-state index contributed by atoms with van der Waals surface area (Å²) in [5, 5.41) is 18.8. The van der Waals surface area contributed by atoms with E-state index in [-0.39, 0.29) is 23.6 Å². The number of nitrogens with zero attached hydrogens (tertiary/aromatic N) is 1. The van der Waals surface area contributed by atoms with Crippen LogP contribution in [0.5, 0.6) is 0 Å². The van der Waals surface area contributed by atoms with Gasteiger partial charge in [0.15, 0.2) is 0 Å². The van der Waals surface area contributed by atoms with E-state index in [2.05, 4.69) is 16.0 Å². The molecule has 0 spiro atoms. The fourth-order valence-corrected chi connectivity index (χ4v) is 2.75. The minimum absolute atomic E-state index is 0.00889. The molecule has 0 heterocycles. The molecule has 0 saturated heterocycles. The van der Waals surface area contributed by atoms with Crippen LogP contribution in [0.3, 0.4) is 0 Å². The van der Waals surface area contributed by atoms with Gasteiger partial charge in [0.25, 0.3) is 5.69 Å². The maximum absolute atomic E-state index is 12.0. The van der Waals surface area contributed by atoms with Gasteiger partial charge in [-0.2, -0.15) is 0 Å². The smallest absolute Gasteiger partial charge is 0.319 e. The summed E-state index contributed by atoms with van der Waals surface area (Å²) in [7, 11) is 1.62. The standard InChI is InChI=1S/C15H20N4O4/c1-16-14(20)10-5-7-11(8-6-10)17-15(21)18-12-3-2-4-13(9-12)19(22)23/h2-4,9-11H,5-8H2,1H3,(H,16,20)(H2,17,18,21). The van der Waals surface area contributed by atoms with E-state index in [9.17, 15) is 19.7 Å². The number of rotatable bonds is 4. The van der Waals surface area contributed by atoms with Crippen molar-refractivity contribution < 1.29 is 14.5 Å². The van der Waals surface area contributed by atoms with Gasteiger partial charge < -0.3 is 16.0 Å². The number of hydrogen-bond donors (Lipinski definition) is 3. The normalized spacial score (nSPS) is 20.4. The largest absolute Gasteiger partial charge is 0.359 e. The van der Waals surface area contributed by atoms with Gasteiger partial charge in [0, 0.05) is 36.8 Å². The summed E-state index contributed by atoms with van der Waals surface area (Å²) in [6.07, 6.45) is 2.95. The summed E-state index contributed by atoms with van der Waals surface area (Å²) < 4.78 is 0. The average Bonchev–Trinajstić information content (AvgIpc) is 2.55. The molecule has 3 N–H and O–H groups in total. The molecule has 1 aliphatic rings. The summed E-state index contributed by atoms with van der Waals surface area (Å²) in [5.41, 5.74) is 0.296. The van der Waals surface area contributed by atoms with Crippen molar-refractivity contribution in [1.29, 1.82) is 0 Å². The van der Waals surface area contributed by atoms with Crippen molar-refractivity contribution in [3.63, 3.8) is 0 Å². The topological polar surface area (TPSA) is 113 Å². The van der Waals surface area contributed by atoms with E-state index >= 15 is 0 Å². The molecule has 1 aromatic rings. The van der Waals surface area contributed by atoms with Crippen LogP contribution in [0.25, 0.3) is 0 Å². The van der Waals surface area contributed by atoms with Crippen molar-refractivity contribution in [2.24, 2.45) is 5.92 Å².